The third-order valence-corrected chi connectivity index (χ3v) is 2.54. The van der Waals surface area contributed by atoms with Crippen molar-refractivity contribution in [3.63, 3.8) is 0 Å². The molecule has 0 saturated carbocycles. The van der Waals surface area contributed by atoms with E-state index in [2.05, 4.69) is 5.32 Å². The molecule has 0 aromatic carbocycles. The summed E-state index contributed by atoms with van der Waals surface area (Å²) in [6.45, 7) is 5.01. The van der Waals surface area contributed by atoms with Crippen molar-refractivity contribution in [1.82, 2.24) is 15.3 Å². The van der Waals surface area contributed by atoms with E-state index in [1.54, 1.807) is 0 Å². The van der Waals surface area contributed by atoms with Crippen molar-refractivity contribution in [3.05, 3.63) is 0 Å². The lowest BCUT2D eigenvalue weighted by Crippen LogP contribution is -2.56. The molecule has 0 spiro atoms. The van der Waals surface area contributed by atoms with Crippen molar-refractivity contribution in [1.29, 1.82) is 0 Å². The highest BCUT2D eigenvalue weighted by Crippen LogP contribution is 2.16. The Labute approximate surface area is 99.9 Å². The highest BCUT2D eigenvalue weighted by atomic mass is 16.2. The van der Waals surface area contributed by atoms with Gasteiger partial charge in [0.1, 0.15) is 12.7 Å². The number of carbonyl (C=O) groups is 3. The summed E-state index contributed by atoms with van der Waals surface area (Å²) in [5.41, 5.74) is 5.07. The first-order valence-corrected chi connectivity index (χ1v) is 5.46. The molecule has 0 aromatic rings. The van der Waals surface area contributed by atoms with Gasteiger partial charge in [-0.15, -0.1) is 0 Å². The highest BCUT2D eigenvalue weighted by Gasteiger charge is 2.38. The Morgan fingerprint density at radius 3 is 2.59 bits per heavy atom. The number of hydrogen-bond acceptors (Lipinski definition) is 4. The Kier molecular flexibility index (Phi) is 4.06. The second kappa shape index (κ2) is 5.13. The SMILES string of the molecule is CC(=O)N(CC(N)=O)N1C(=O)CNC1C(C)C. The van der Waals surface area contributed by atoms with Crippen LogP contribution in [0.2, 0.25) is 0 Å². The Morgan fingerprint density at radius 2 is 2.18 bits per heavy atom. The van der Waals surface area contributed by atoms with Gasteiger partial charge in [-0.05, 0) is 5.92 Å². The largest absolute Gasteiger partial charge is 0.368 e. The second-order valence-corrected chi connectivity index (χ2v) is 4.35. The number of amides is 3. The fourth-order valence-corrected chi connectivity index (χ4v) is 1.80. The van der Waals surface area contributed by atoms with Crippen molar-refractivity contribution in [2.45, 2.75) is 26.9 Å². The molecule has 0 aromatic heterocycles. The molecule has 7 nitrogen and oxygen atoms in total. The van der Waals surface area contributed by atoms with Crippen LogP contribution in [-0.4, -0.2) is 47.0 Å². The molecule has 7 heteroatoms. The van der Waals surface area contributed by atoms with Crippen LogP contribution in [0.1, 0.15) is 20.8 Å². The number of nitrogens with zero attached hydrogens (tertiary/aromatic N) is 2. The van der Waals surface area contributed by atoms with Crippen LogP contribution in [0.4, 0.5) is 0 Å². The van der Waals surface area contributed by atoms with E-state index in [0.717, 1.165) is 5.01 Å². The van der Waals surface area contributed by atoms with E-state index in [1.807, 2.05) is 13.8 Å². The zero-order valence-corrected chi connectivity index (χ0v) is 10.3. The van der Waals surface area contributed by atoms with Gasteiger partial charge >= 0.3 is 0 Å². The van der Waals surface area contributed by atoms with Gasteiger partial charge in [0.05, 0.1) is 6.54 Å². The summed E-state index contributed by atoms with van der Waals surface area (Å²) >= 11 is 0. The van der Waals surface area contributed by atoms with Crippen LogP contribution >= 0.6 is 0 Å². The smallest absolute Gasteiger partial charge is 0.256 e. The molecule has 0 radical (unpaired) electrons. The van der Waals surface area contributed by atoms with E-state index >= 15 is 0 Å². The van der Waals surface area contributed by atoms with E-state index in [4.69, 9.17) is 5.73 Å². The first-order valence-electron chi connectivity index (χ1n) is 5.46. The van der Waals surface area contributed by atoms with E-state index in [9.17, 15) is 14.4 Å². The average Bonchev–Trinajstić information content (AvgIpc) is 2.56. The lowest BCUT2D eigenvalue weighted by atomic mass is 10.1. The number of hydrogen-bond donors (Lipinski definition) is 2. The van der Waals surface area contributed by atoms with Gasteiger partial charge < -0.3 is 5.73 Å². The van der Waals surface area contributed by atoms with Gasteiger partial charge in [-0.1, -0.05) is 13.8 Å². The zero-order chi connectivity index (χ0) is 13.2. The summed E-state index contributed by atoms with van der Waals surface area (Å²) in [4.78, 5) is 34.1. The molecule has 1 fully saturated rings. The summed E-state index contributed by atoms with van der Waals surface area (Å²) < 4.78 is 0. The van der Waals surface area contributed by atoms with Crippen molar-refractivity contribution in [2.24, 2.45) is 11.7 Å². The molecule has 1 aliphatic rings. The predicted molar refractivity (Wildman–Crippen MR) is 60.1 cm³/mol. The van der Waals surface area contributed by atoms with Gasteiger partial charge in [0.25, 0.3) is 5.91 Å². The maximum atomic E-state index is 11.7. The number of primary amides is 1. The molecular formula is C10H18N4O3. The maximum Gasteiger partial charge on any atom is 0.256 e. The molecule has 1 aliphatic heterocycles. The highest BCUT2D eigenvalue weighted by molar-refractivity contribution is 5.87. The van der Waals surface area contributed by atoms with Gasteiger partial charge in [0.15, 0.2) is 0 Å². The fourth-order valence-electron chi connectivity index (χ4n) is 1.80. The molecule has 1 rings (SSSR count). The molecule has 1 unspecified atom stereocenters. The van der Waals surface area contributed by atoms with Gasteiger partial charge in [-0.25, -0.2) is 10.0 Å². The number of nitrogens with one attached hydrogen (secondary N) is 1. The number of hydrazine groups is 1. The third-order valence-electron chi connectivity index (χ3n) is 2.54. The molecule has 1 saturated heterocycles. The first kappa shape index (κ1) is 13.4. The van der Waals surface area contributed by atoms with E-state index in [-0.39, 0.29) is 37.0 Å². The molecule has 3 amide bonds. The van der Waals surface area contributed by atoms with Crippen LogP contribution in [-0.2, 0) is 14.4 Å². The zero-order valence-electron chi connectivity index (χ0n) is 10.3. The quantitative estimate of drug-likeness (QED) is 0.637. The van der Waals surface area contributed by atoms with Gasteiger partial charge in [0.2, 0.25) is 11.8 Å². The minimum absolute atomic E-state index is 0.121. The van der Waals surface area contributed by atoms with E-state index in [0.29, 0.717) is 0 Å². The lowest BCUT2D eigenvalue weighted by molar-refractivity contribution is -0.165. The predicted octanol–water partition coefficient (Wildman–Crippen LogP) is -1.35. The fraction of sp³-hybridized carbons (Fsp3) is 0.700. The summed E-state index contributed by atoms with van der Waals surface area (Å²) in [6.07, 6.45) is -0.286. The first-order chi connectivity index (χ1) is 7.84. The van der Waals surface area contributed by atoms with Crippen LogP contribution < -0.4 is 11.1 Å². The monoisotopic (exact) mass is 242 g/mol. The molecular weight excluding hydrogens is 224 g/mol. The number of carbonyl (C=O) groups excluding carboxylic acids is 3. The summed E-state index contributed by atoms with van der Waals surface area (Å²) in [5.74, 6) is -1.15. The van der Waals surface area contributed by atoms with Gasteiger partial charge in [-0.3, -0.25) is 19.7 Å². The topological polar surface area (TPSA) is 95.7 Å². The summed E-state index contributed by atoms with van der Waals surface area (Å²) in [7, 11) is 0. The van der Waals surface area contributed by atoms with Crippen molar-refractivity contribution >= 4 is 17.7 Å². The molecule has 17 heavy (non-hydrogen) atoms. The van der Waals surface area contributed by atoms with Crippen LogP contribution in [0, 0.1) is 5.92 Å². The van der Waals surface area contributed by atoms with Crippen LogP contribution in [0.5, 0.6) is 0 Å². The Hall–Kier alpha value is -1.63. The van der Waals surface area contributed by atoms with Crippen LogP contribution in [0.3, 0.4) is 0 Å². The molecule has 96 valence electrons. The standard InChI is InChI=1S/C10H18N4O3/c1-6(2)10-12-4-9(17)14(10)13(7(3)15)5-8(11)16/h6,10,12H,4-5H2,1-3H3,(H2,11,16). The average molecular weight is 242 g/mol. The molecule has 1 atom stereocenters. The van der Waals surface area contributed by atoms with E-state index in [1.165, 1.54) is 11.9 Å². The van der Waals surface area contributed by atoms with Crippen LogP contribution in [0.25, 0.3) is 0 Å². The lowest BCUT2D eigenvalue weighted by Gasteiger charge is -2.35. The Morgan fingerprint density at radius 1 is 1.59 bits per heavy atom. The molecule has 0 bridgehead atoms. The van der Waals surface area contributed by atoms with Crippen molar-refractivity contribution in [3.8, 4) is 0 Å². The molecule has 1 heterocycles. The summed E-state index contributed by atoms with van der Waals surface area (Å²) in [6, 6.07) is 0. The number of nitrogens with two attached hydrogens (primary N) is 1. The van der Waals surface area contributed by atoms with Gasteiger partial charge in [0, 0.05) is 6.92 Å². The Bertz CT molecular complexity index is 342. The van der Waals surface area contributed by atoms with Crippen molar-refractivity contribution in [2.75, 3.05) is 13.1 Å². The molecule has 0 aliphatic carbocycles. The van der Waals surface area contributed by atoms with E-state index < -0.39 is 5.91 Å². The van der Waals surface area contributed by atoms with Crippen LogP contribution in [0.15, 0.2) is 0 Å². The number of rotatable bonds is 4. The normalized spacial score (nSPS) is 19.9. The van der Waals surface area contributed by atoms with Gasteiger partial charge in [-0.2, -0.15) is 0 Å². The van der Waals surface area contributed by atoms with Crippen molar-refractivity contribution < 1.29 is 14.4 Å². The minimum atomic E-state index is -0.651. The summed E-state index contributed by atoms with van der Waals surface area (Å²) in [5, 5.41) is 5.38. The second-order valence-electron chi connectivity index (χ2n) is 4.35. The third kappa shape index (κ3) is 2.94. The molecule has 3 N–H and O–H groups in total. The maximum absolute atomic E-state index is 11.7. The Balaban J connectivity index is 2.94. The minimum Gasteiger partial charge on any atom is -0.368 e.